The Labute approximate surface area is 105 Å². The van der Waals surface area contributed by atoms with Gasteiger partial charge in [0.1, 0.15) is 0 Å². The smallest absolute Gasteiger partial charge is 0.0406 e. The lowest BCUT2D eigenvalue weighted by atomic mass is 9.85. The molecule has 0 radical (unpaired) electrons. The molecule has 0 amide bonds. The van der Waals surface area contributed by atoms with Gasteiger partial charge in [0.15, 0.2) is 0 Å². The largest absolute Gasteiger partial charge is 0.0891 e. The first-order valence-corrected chi connectivity index (χ1v) is 6.92. The van der Waals surface area contributed by atoms with Gasteiger partial charge in [0.2, 0.25) is 0 Å². The Balaban J connectivity index is 1.93. The molecule has 0 aromatic heterocycles. The van der Waals surface area contributed by atoms with Crippen LogP contribution in [0.15, 0.2) is 24.3 Å². The predicted molar refractivity (Wildman–Crippen MR) is 69.8 cm³/mol. The summed E-state index contributed by atoms with van der Waals surface area (Å²) in [5.41, 5.74) is 1.42. The van der Waals surface area contributed by atoms with Crippen LogP contribution in [0.25, 0.3) is 0 Å². The quantitative estimate of drug-likeness (QED) is 0.683. The fraction of sp³-hybridized carbons (Fsp3) is 0.538. The van der Waals surface area contributed by atoms with E-state index in [0.29, 0.717) is 0 Å². The lowest BCUT2D eigenvalue weighted by Crippen LogP contribution is -2.16. The van der Waals surface area contributed by atoms with Gasteiger partial charge in [-0.2, -0.15) is 0 Å². The summed E-state index contributed by atoms with van der Waals surface area (Å²) >= 11 is 9.60. The van der Waals surface area contributed by atoms with Crippen molar-refractivity contribution in [1.82, 2.24) is 0 Å². The number of halogens is 2. The maximum atomic E-state index is 5.87. The van der Waals surface area contributed by atoms with Crippen LogP contribution >= 0.6 is 27.5 Å². The molecule has 1 fully saturated rings. The molecule has 1 aliphatic carbocycles. The van der Waals surface area contributed by atoms with Crippen molar-refractivity contribution in [3.8, 4) is 0 Å². The second kappa shape index (κ2) is 5.36. The average Bonchev–Trinajstić information content (AvgIpc) is 2.22. The van der Waals surface area contributed by atoms with E-state index in [2.05, 4.69) is 28.1 Å². The second-order valence-corrected chi connectivity index (χ2v) is 6.19. The minimum atomic E-state index is 0.739. The minimum Gasteiger partial charge on any atom is -0.0891 e. The summed E-state index contributed by atoms with van der Waals surface area (Å²) in [5.74, 6) is 0.851. The predicted octanol–water partition coefficient (Wildman–Crippen LogP) is 4.84. The van der Waals surface area contributed by atoms with Gasteiger partial charge in [-0.25, -0.2) is 0 Å². The Morgan fingerprint density at radius 3 is 2.60 bits per heavy atom. The van der Waals surface area contributed by atoms with Crippen molar-refractivity contribution in [3.05, 3.63) is 34.9 Å². The minimum absolute atomic E-state index is 0.739. The summed E-state index contributed by atoms with van der Waals surface area (Å²) in [7, 11) is 0. The third kappa shape index (κ3) is 3.49. The average molecular weight is 288 g/mol. The Hall–Kier alpha value is -0.0100. The lowest BCUT2D eigenvalue weighted by molar-refractivity contribution is 0.368. The fourth-order valence-corrected chi connectivity index (χ4v) is 3.34. The standard InChI is InChI=1S/C13H16BrCl/c14-12-3-1-2-11(9-12)8-10-4-6-13(15)7-5-10/h4-7,11-12H,1-3,8-9H2. The van der Waals surface area contributed by atoms with Crippen LogP contribution in [0.1, 0.15) is 31.2 Å². The molecule has 0 nitrogen and oxygen atoms in total. The first-order chi connectivity index (χ1) is 7.24. The van der Waals surface area contributed by atoms with Crippen molar-refractivity contribution in [3.63, 3.8) is 0 Å². The molecule has 82 valence electrons. The molecule has 1 aliphatic rings. The molecule has 0 aliphatic heterocycles. The summed E-state index contributed by atoms with van der Waals surface area (Å²) in [6, 6.07) is 8.29. The van der Waals surface area contributed by atoms with Gasteiger partial charge in [-0.3, -0.25) is 0 Å². The summed E-state index contributed by atoms with van der Waals surface area (Å²) in [6.07, 6.45) is 6.62. The van der Waals surface area contributed by atoms with E-state index >= 15 is 0 Å². The van der Waals surface area contributed by atoms with Crippen LogP contribution in [0.3, 0.4) is 0 Å². The van der Waals surface area contributed by atoms with Gasteiger partial charge in [-0.05, 0) is 42.9 Å². The van der Waals surface area contributed by atoms with Gasteiger partial charge in [0.25, 0.3) is 0 Å². The maximum Gasteiger partial charge on any atom is 0.0406 e. The van der Waals surface area contributed by atoms with Crippen LogP contribution in [-0.2, 0) is 6.42 Å². The van der Waals surface area contributed by atoms with Gasteiger partial charge in [0, 0.05) is 9.85 Å². The zero-order valence-corrected chi connectivity index (χ0v) is 11.1. The molecule has 2 heteroatoms. The highest BCUT2D eigenvalue weighted by Gasteiger charge is 2.19. The normalized spacial score (nSPS) is 26.5. The molecule has 2 atom stereocenters. The first kappa shape index (κ1) is 11.5. The molecule has 1 aromatic rings. The van der Waals surface area contributed by atoms with Crippen LogP contribution < -0.4 is 0 Å². The van der Waals surface area contributed by atoms with Crippen LogP contribution in [-0.4, -0.2) is 4.83 Å². The monoisotopic (exact) mass is 286 g/mol. The molecule has 1 aromatic carbocycles. The molecule has 0 spiro atoms. The summed E-state index contributed by atoms with van der Waals surface area (Å²) in [5, 5.41) is 0.834. The number of rotatable bonds is 2. The third-order valence-electron chi connectivity index (χ3n) is 3.16. The van der Waals surface area contributed by atoms with Crippen molar-refractivity contribution < 1.29 is 0 Å². The van der Waals surface area contributed by atoms with E-state index in [1.54, 1.807) is 0 Å². The summed E-state index contributed by atoms with van der Waals surface area (Å²) in [4.78, 5) is 0.739. The van der Waals surface area contributed by atoms with Gasteiger partial charge < -0.3 is 0 Å². The van der Waals surface area contributed by atoms with Crippen LogP contribution in [0.4, 0.5) is 0 Å². The number of hydrogen-bond donors (Lipinski definition) is 0. The van der Waals surface area contributed by atoms with E-state index in [-0.39, 0.29) is 0 Å². The zero-order valence-electron chi connectivity index (χ0n) is 8.76. The van der Waals surface area contributed by atoms with Crippen LogP contribution in [0, 0.1) is 5.92 Å². The Morgan fingerprint density at radius 1 is 1.20 bits per heavy atom. The Bertz CT molecular complexity index is 307. The molecule has 0 N–H and O–H groups in total. The zero-order chi connectivity index (χ0) is 10.7. The summed E-state index contributed by atoms with van der Waals surface area (Å²) in [6.45, 7) is 0. The fourth-order valence-electron chi connectivity index (χ4n) is 2.36. The molecule has 0 bridgehead atoms. The van der Waals surface area contributed by atoms with Gasteiger partial charge in [-0.15, -0.1) is 0 Å². The first-order valence-electron chi connectivity index (χ1n) is 5.62. The van der Waals surface area contributed by atoms with Crippen molar-refractivity contribution >= 4 is 27.5 Å². The molecular formula is C13H16BrCl. The van der Waals surface area contributed by atoms with E-state index in [1.165, 1.54) is 37.7 Å². The molecule has 2 unspecified atom stereocenters. The van der Waals surface area contributed by atoms with Crippen LogP contribution in [0.2, 0.25) is 5.02 Å². The third-order valence-corrected chi connectivity index (χ3v) is 4.24. The SMILES string of the molecule is Clc1ccc(CC2CCCC(Br)C2)cc1. The van der Waals surface area contributed by atoms with Crippen LogP contribution in [0.5, 0.6) is 0 Å². The maximum absolute atomic E-state index is 5.87. The highest BCUT2D eigenvalue weighted by atomic mass is 79.9. The van der Waals surface area contributed by atoms with Gasteiger partial charge in [-0.1, -0.05) is 52.5 Å². The van der Waals surface area contributed by atoms with E-state index in [4.69, 9.17) is 11.6 Å². The van der Waals surface area contributed by atoms with Crippen molar-refractivity contribution in [2.45, 2.75) is 36.9 Å². The molecule has 2 rings (SSSR count). The highest BCUT2D eigenvalue weighted by Crippen LogP contribution is 2.31. The Morgan fingerprint density at radius 2 is 1.93 bits per heavy atom. The topological polar surface area (TPSA) is 0 Å². The second-order valence-electron chi connectivity index (χ2n) is 4.46. The van der Waals surface area contributed by atoms with Gasteiger partial charge in [0.05, 0.1) is 0 Å². The van der Waals surface area contributed by atoms with Crippen molar-refractivity contribution in [1.29, 1.82) is 0 Å². The molecule has 0 saturated heterocycles. The molecule has 0 heterocycles. The molecule has 1 saturated carbocycles. The molecular weight excluding hydrogens is 272 g/mol. The van der Waals surface area contributed by atoms with E-state index in [9.17, 15) is 0 Å². The summed E-state index contributed by atoms with van der Waals surface area (Å²) < 4.78 is 0. The highest BCUT2D eigenvalue weighted by molar-refractivity contribution is 9.09. The Kier molecular flexibility index (Phi) is 4.10. The van der Waals surface area contributed by atoms with Crippen molar-refractivity contribution in [2.24, 2.45) is 5.92 Å². The van der Waals surface area contributed by atoms with E-state index in [1.807, 2.05) is 12.1 Å². The number of benzene rings is 1. The van der Waals surface area contributed by atoms with Gasteiger partial charge >= 0.3 is 0 Å². The van der Waals surface area contributed by atoms with E-state index < -0.39 is 0 Å². The van der Waals surface area contributed by atoms with E-state index in [0.717, 1.165) is 15.8 Å². The lowest BCUT2D eigenvalue weighted by Gasteiger charge is -2.25. The molecule has 15 heavy (non-hydrogen) atoms. The number of hydrogen-bond acceptors (Lipinski definition) is 0. The number of alkyl halides is 1. The van der Waals surface area contributed by atoms with Crippen molar-refractivity contribution in [2.75, 3.05) is 0 Å².